The molecular weight excluding hydrogens is 632 g/mol. The molecule has 46 heavy (non-hydrogen) atoms. The first kappa shape index (κ1) is 33.0. The second-order valence-electron chi connectivity index (χ2n) is 15.9. The summed E-state index contributed by atoms with van der Waals surface area (Å²) in [5.41, 5.74) is 15.2. The van der Waals surface area contributed by atoms with Crippen LogP contribution in [-0.2, 0) is 38.5 Å². The second-order valence-corrected chi connectivity index (χ2v) is 21.9. The molecule has 0 aliphatic heterocycles. The Labute approximate surface area is 286 Å². The average molecular weight is 684 g/mol. The molecule has 4 aromatic rings. The predicted octanol–water partition coefficient (Wildman–Crippen LogP) is 11.3. The molecule has 236 valence electrons. The molecule has 0 nitrogen and oxygen atoms in total. The van der Waals surface area contributed by atoms with Gasteiger partial charge in [0, 0.05) is 0 Å². The molecule has 0 spiro atoms. The summed E-state index contributed by atoms with van der Waals surface area (Å²) in [5, 5.41) is 0. The minimum absolute atomic E-state index is 0.0565. The van der Waals surface area contributed by atoms with Crippen LogP contribution in [0.5, 0.6) is 0 Å². The summed E-state index contributed by atoms with van der Waals surface area (Å²) < 4.78 is 5.28. The van der Waals surface area contributed by atoms with Crippen molar-refractivity contribution < 1.29 is 21.3 Å². The normalized spacial score (nSPS) is 15.3. The Balaban J connectivity index is 1.74. The number of allylic oxidation sites excluding steroid dienone is 4. The predicted molar refractivity (Wildman–Crippen MR) is 198 cm³/mol. The number of benzene rings is 4. The third-order valence-electron chi connectivity index (χ3n) is 10.6. The van der Waals surface area contributed by atoms with Gasteiger partial charge in [-0.3, -0.25) is 0 Å². The van der Waals surface area contributed by atoms with E-state index in [1.54, 1.807) is 20.9 Å². The summed E-state index contributed by atoms with van der Waals surface area (Å²) in [6.45, 7) is 24.1. The zero-order chi connectivity index (χ0) is 33.0. The molecule has 2 atom stereocenters. The standard InChI is InChI=1S/C23H29.C17H18.C5H5.Zr/c1-14-9-16-11-17-10-15(2)21(23(6,7)8)13-19(17)18(16)12-20(14)22(3,4)5;1-14(16-9-5-3-6-10-16)13-15(2)17-11-7-4-8-12-17;1-2-4-5-3-1;/h9,12-13H,11H2,1-8H3;3-12,14-15H,1-2H3;1-3H,4H2;. The van der Waals surface area contributed by atoms with Crippen LogP contribution in [0.15, 0.2) is 100 Å². The van der Waals surface area contributed by atoms with E-state index in [-0.39, 0.29) is 10.8 Å². The van der Waals surface area contributed by atoms with Crippen LogP contribution >= 0.6 is 0 Å². The van der Waals surface area contributed by atoms with Crippen molar-refractivity contribution >= 4 is 6.48 Å². The molecule has 0 amide bonds. The Kier molecular flexibility index (Phi) is 9.06. The van der Waals surface area contributed by atoms with Crippen molar-refractivity contribution in [3.05, 3.63) is 145 Å². The second kappa shape index (κ2) is 12.6. The molecular formula is C45H52Zr. The van der Waals surface area contributed by atoms with E-state index in [9.17, 15) is 0 Å². The Morgan fingerprint density at radius 3 is 1.74 bits per heavy atom. The van der Waals surface area contributed by atoms with Crippen LogP contribution < -0.4 is 3.27 Å². The monoisotopic (exact) mass is 682 g/mol. The van der Waals surface area contributed by atoms with Gasteiger partial charge in [-0.05, 0) is 0 Å². The van der Waals surface area contributed by atoms with E-state index in [1.165, 1.54) is 44.5 Å². The molecule has 0 saturated carbocycles. The zero-order valence-corrected chi connectivity index (χ0v) is 32.3. The number of rotatable bonds is 6. The van der Waals surface area contributed by atoms with E-state index >= 15 is 0 Å². The van der Waals surface area contributed by atoms with Gasteiger partial charge in [0.2, 0.25) is 0 Å². The molecule has 4 aromatic carbocycles. The molecule has 0 aromatic heterocycles. The quantitative estimate of drug-likeness (QED) is 0.167. The van der Waals surface area contributed by atoms with Gasteiger partial charge in [0.1, 0.15) is 0 Å². The van der Waals surface area contributed by atoms with Gasteiger partial charge in [-0.2, -0.15) is 0 Å². The summed E-state index contributed by atoms with van der Waals surface area (Å²) in [6.07, 6.45) is 9.41. The molecule has 6 rings (SSSR count). The van der Waals surface area contributed by atoms with Crippen molar-refractivity contribution in [2.24, 2.45) is 0 Å². The average Bonchev–Trinajstić information content (AvgIpc) is 3.67. The van der Waals surface area contributed by atoms with Crippen molar-refractivity contribution in [1.29, 1.82) is 0 Å². The van der Waals surface area contributed by atoms with E-state index < -0.39 is 21.3 Å². The van der Waals surface area contributed by atoms with Gasteiger partial charge in [0.15, 0.2) is 0 Å². The molecule has 0 N–H and O–H groups in total. The van der Waals surface area contributed by atoms with Crippen molar-refractivity contribution in [3.8, 4) is 11.1 Å². The van der Waals surface area contributed by atoms with Crippen LogP contribution in [-0.4, -0.2) is 3.21 Å². The zero-order valence-electron chi connectivity index (χ0n) is 29.8. The van der Waals surface area contributed by atoms with Gasteiger partial charge in [0.05, 0.1) is 0 Å². The summed E-state index contributed by atoms with van der Waals surface area (Å²) >= 11 is -2.74. The van der Waals surface area contributed by atoms with Crippen LogP contribution in [0.2, 0.25) is 0 Å². The third kappa shape index (κ3) is 6.10. The SMILES string of the molecule is Cc1cc2c(cc1C(C)(C)C)-c1cc(C(C)(C)C)c(C)[c]([Zr]([C]3=CC=CC3)=[C](C(C)c3ccccc3)C(C)c3ccccc3)c1C2. The fourth-order valence-corrected chi connectivity index (χ4v) is 17.7. The fourth-order valence-electron chi connectivity index (χ4n) is 8.31. The number of hydrogen-bond donors (Lipinski definition) is 0. The van der Waals surface area contributed by atoms with Gasteiger partial charge in [-0.25, -0.2) is 0 Å². The molecule has 2 aliphatic carbocycles. The van der Waals surface area contributed by atoms with E-state index in [1.807, 2.05) is 0 Å². The number of aryl methyl sites for hydroxylation is 1. The van der Waals surface area contributed by atoms with E-state index in [0.29, 0.717) is 11.8 Å². The Morgan fingerprint density at radius 1 is 0.696 bits per heavy atom. The van der Waals surface area contributed by atoms with Crippen molar-refractivity contribution in [2.45, 2.75) is 105 Å². The molecule has 2 unspecified atom stereocenters. The van der Waals surface area contributed by atoms with Gasteiger partial charge in [-0.1, -0.05) is 0 Å². The van der Waals surface area contributed by atoms with Gasteiger partial charge in [0.25, 0.3) is 0 Å². The first-order valence-corrected chi connectivity index (χ1v) is 21.0. The first-order chi connectivity index (χ1) is 21.8. The maximum absolute atomic E-state index is 2.74. The van der Waals surface area contributed by atoms with Crippen molar-refractivity contribution in [2.75, 3.05) is 0 Å². The Morgan fingerprint density at radius 2 is 1.24 bits per heavy atom. The van der Waals surface area contributed by atoms with Crippen LogP contribution in [0, 0.1) is 13.8 Å². The van der Waals surface area contributed by atoms with Crippen LogP contribution in [0.1, 0.15) is 118 Å². The molecule has 2 aliphatic rings. The van der Waals surface area contributed by atoms with Gasteiger partial charge < -0.3 is 0 Å². The number of fused-ring (bicyclic) bond motifs is 3. The topological polar surface area (TPSA) is 0 Å². The molecule has 0 radical (unpaired) electrons. The first-order valence-electron chi connectivity index (χ1n) is 17.3. The fraction of sp³-hybridized carbons (Fsp3) is 0.356. The third-order valence-corrected chi connectivity index (χ3v) is 19.5. The summed E-state index contributed by atoms with van der Waals surface area (Å²) in [7, 11) is 0. The van der Waals surface area contributed by atoms with Gasteiger partial charge in [-0.15, -0.1) is 0 Å². The van der Waals surface area contributed by atoms with Crippen molar-refractivity contribution in [3.63, 3.8) is 0 Å². The molecule has 1 heteroatoms. The van der Waals surface area contributed by atoms with Crippen LogP contribution in [0.25, 0.3) is 11.1 Å². The van der Waals surface area contributed by atoms with Crippen molar-refractivity contribution in [1.82, 2.24) is 0 Å². The van der Waals surface area contributed by atoms with E-state index in [2.05, 4.69) is 166 Å². The van der Waals surface area contributed by atoms with Crippen LogP contribution in [0.3, 0.4) is 0 Å². The summed E-state index contributed by atoms with van der Waals surface area (Å²) in [6, 6.07) is 30.4. The molecule has 0 heterocycles. The maximum atomic E-state index is 2.60. The summed E-state index contributed by atoms with van der Waals surface area (Å²) in [5.74, 6) is 0.748. The van der Waals surface area contributed by atoms with Gasteiger partial charge >= 0.3 is 288 Å². The van der Waals surface area contributed by atoms with Crippen LogP contribution in [0.4, 0.5) is 0 Å². The van der Waals surface area contributed by atoms with E-state index in [4.69, 9.17) is 0 Å². The Bertz CT molecular complexity index is 1820. The number of hydrogen-bond acceptors (Lipinski definition) is 0. The van der Waals surface area contributed by atoms with E-state index in [0.717, 1.165) is 12.8 Å². The minimum atomic E-state index is -2.74. The molecule has 0 saturated heterocycles. The molecule has 0 fully saturated rings. The summed E-state index contributed by atoms with van der Waals surface area (Å²) in [4.78, 5) is 0. The Hall–Kier alpha value is -2.89. The molecule has 0 bridgehead atoms.